The number of hydrogen-bond acceptors (Lipinski definition) is 8. The highest BCUT2D eigenvalue weighted by Crippen LogP contribution is 2.39. The first-order chi connectivity index (χ1) is 25.6. The lowest BCUT2D eigenvalue weighted by molar-refractivity contribution is 0.0589. The minimum Gasteiger partial charge on any atom is -0.369 e. The van der Waals surface area contributed by atoms with E-state index >= 15 is 4.39 Å². The summed E-state index contributed by atoms with van der Waals surface area (Å²) in [5.74, 6) is 1.07. The molecule has 4 aliphatic heterocycles. The summed E-state index contributed by atoms with van der Waals surface area (Å²) in [7, 11) is 0. The van der Waals surface area contributed by atoms with E-state index in [-0.39, 0.29) is 23.9 Å². The molecule has 6 heterocycles. The Bertz CT molecular complexity index is 1960. The number of aromatic amines is 1. The molecule has 11 heteroatoms. The van der Waals surface area contributed by atoms with Crippen LogP contribution in [0, 0.1) is 5.92 Å². The molecule has 2 amide bonds. The van der Waals surface area contributed by atoms with E-state index in [2.05, 4.69) is 55.8 Å². The van der Waals surface area contributed by atoms with Gasteiger partial charge in [-0.25, -0.2) is 14.4 Å². The molecule has 2 atom stereocenters. The third-order valence-corrected chi connectivity index (χ3v) is 11.9. The van der Waals surface area contributed by atoms with E-state index < -0.39 is 5.67 Å². The van der Waals surface area contributed by atoms with Gasteiger partial charge in [-0.2, -0.15) is 0 Å². The molecule has 10 nitrogen and oxygen atoms in total. The number of piperazine rings is 1. The van der Waals surface area contributed by atoms with E-state index in [4.69, 9.17) is 9.97 Å². The van der Waals surface area contributed by atoms with Crippen LogP contribution in [0.2, 0.25) is 0 Å². The fourth-order valence-corrected chi connectivity index (χ4v) is 9.22. The molecule has 2 unspecified atom stereocenters. The number of anilines is 2. The predicted molar refractivity (Wildman–Crippen MR) is 208 cm³/mol. The van der Waals surface area contributed by atoms with Gasteiger partial charge in [0.05, 0.1) is 17.2 Å². The minimum absolute atomic E-state index is 0.0883. The zero-order valence-corrected chi connectivity index (χ0v) is 31.7. The smallest absolute Gasteiger partial charge is 0.261 e. The first kappa shape index (κ1) is 35.7. The minimum atomic E-state index is -1.32. The van der Waals surface area contributed by atoms with Gasteiger partial charge in [-0.15, -0.1) is 0 Å². The molecule has 2 saturated heterocycles. The van der Waals surface area contributed by atoms with Crippen LogP contribution in [0.5, 0.6) is 0 Å². The number of nitrogens with zero attached hydrogens (tertiary/aromatic N) is 7. The highest BCUT2D eigenvalue weighted by molar-refractivity contribution is 6.22. The molecule has 0 saturated carbocycles. The summed E-state index contributed by atoms with van der Waals surface area (Å²) >= 11 is 0. The molecule has 0 aliphatic carbocycles. The van der Waals surface area contributed by atoms with E-state index in [9.17, 15) is 9.59 Å². The molecule has 2 aromatic heterocycles. The number of fused-ring (bicyclic) bond motifs is 4. The number of carbonyl (C=O) groups is 2. The van der Waals surface area contributed by atoms with Crippen molar-refractivity contribution in [2.75, 3.05) is 68.7 Å². The van der Waals surface area contributed by atoms with Crippen molar-refractivity contribution in [3.05, 3.63) is 82.8 Å². The first-order valence-corrected chi connectivity index (χ1v) is 19.7. The summed E-state index contributed by atoms with van der Waals surface area (Å²) in [6, 6.07) is 14.0. The lowest BCUT2D eigenvalue weighted by Gasteiger charge is -2.40. The zero-order chi connectivity index (χ0) is 36.9. The Morgan fingerprint density at radius 1 is 0.906 bits per heavy atom. The molecule has 280 valence electrons. The number of nitrogens with one attached hydrogen (secondary N) is 1. The number of hydrogen-bond donors (Lipinski definition) is 1. The lowest BCUT2D eigenvalue weighted by Crippen LogP contribution is -2.49. The highest BCUT2D eigenvalue weighted by atomic mass is 19.1. The second-order valence-corrected chi connectivity index (χ2v) is 16.3. The quantitative estimate of drug-likeness (QED) is 0.187. The van der Waals surface area contributed by atoms with E-state index in [0.717, 1.165) is 113 Å². The van der Waals surface area contributed by atoms with E-state index in [1.807, 2.05) is 37.5 Å². The van der Waals surface area contributed by atoms with Crippen molar-refractivity contribution >= 4 is 34.4 Å². The third-order valence-electron chi connectivity index (χ3n) is 11.9. The topological polar surface area (TPSA) is 91.9 Å². The number of carbonyl (C=O) groups excluding carboxylic acids is 2. The van der Waals surface area contributed by atoms with Gasteiger partial charge in [0.1, 0.15) is 5.67 Å². The van der Waals surface area contributed by atoms with Crippen LogP contribution < -0.4 is 9.80 Å². The van der Waals surface area contributed by atoms with E-state index in [1.54, 1.807) is 13.8 Å². The number of amides is 2. The average molecular weight is 721 g/mol. The van der Waals surface area contributed by atoms with Crippen molar-refractivity contribution < 1.29 is 14.0 Å². The molecule has 53 heavy (non-hydrogen) atoms. The van der Waals surface area contributed by atoms with Gasteiger partial charge >= 0.3 is 0 Å². The monoisotopic (exact) mass is 720 g/mol. The van der Waals surface area contributed by atoms with Crippen LogP contribution in [0.1, 0.15) is 97.0 Å². The summed E-state index contributed by atoms with van der Waals surface area (Å²) in [6.07, 6.45) is 8.73. The normalized spacial score (nSPS) is 21.1. The van der Waals surface area contributed by atoms with Gasteiger partial charge in [-0.05, 0) is 82.2 Å². The molecular weight excluding hydrogens is 668 g/mol. The average Bonchev–Trinajstić information content (AvgIpc) is 3.65. The Hall–Kier alpha value is -4.35. The fraction of sp³-hybridized carbons (Fsp3) is 0.524. The number of aromatic nitrogens is 3. The Morgan fingerprint density at radius 2 is 1.62 bits per heavy atom. The maximum Gasteiger partial charge on any atom is 0.261 e. The van der Waals surface area contributed by atoms with Crippen molar-refractivity contribution in [1.82, 2.24) is 29.7 Å². The standard InChI is InChI=1S/C42H53FN8O2/c1-5-8-28(2)51-39(52)34-12-11-31(23-35(34)40(51)53)48-21-19-47(20-22-48)26-29-13-16-49(17-14-29)41-44-24-30(25-45-41)38-37-33(15-18-50(38)27-42(3,4)43)32-9-6-7-10-36(32)46-37/h6-7,9-12,23-25,28-29,38,46H,5,8,13-22,26-27H2,1-4H3. The van der Waals surface area contributed by atoms with Gasteiger partial charge in [0.25, 0.3) is 11.8 Å². The first-order valence-electron chi connectivity index (χ1n) is 19.7. The Labute approximate surface area is 312 Å². The molecular formula is C42H53FN8O2. The number of para-hydroxylation sites is 1. The Balaban J connectivity index is 0.859. The van der Waals surface area contributed by atoms with Crippen molar-refractivity contribution in [1.29, 1.82) is 0 Å². The van der Waals surface area contributed by atoms with Crippen LogP contribution in [0.4, 0.5) is 16.0 Å². The molecule has 8 rings (SSSR count). The van der Waals surface area contributed by atoms with Gasteiger partial charge < -0.3 is 14.8 Å². The summed E-state index contributed by atoms with van der Waals surface area (Å²) in [5, 5.41) is 1.24. The zero-order valence-electron chi connectivity index (χ0n) is 31.7. The number of halogens is 1. The maximum absolute atomic E-state index is 15.0. The number of piperidine rings is 1. The third kappa shape index (κ3) is 7.05. The van der Waals surface area contributed by atoms with Crippen LogP contribution in [0.3, 0.4) is 0 Å². The Morgan fingerprint density at radius 3 is 2.34 bits per heavy atom. The highest BCUT2D eigenvalue weighted by Gasteiger charge is 2.39. The molecule has 2 fully saturated rings. The molecule has 0 bridgehead atoms. The molecule has 4 aliphatic rings. The van der Waals surface area contributed by atoms with Gasteiger partial charge in [-0.1, -0.05) is 31.5 Å². The van der Waals surface area contributed by atoms with Gasteiger partial charge in [0.15, 0.2) is 0 Å². The number of benzene rings is 2. The number of rotatable bonds is 10. The summed E-state index contributed by atoms with van der Waals surface area (Å²) in [4.78, 5) is 50.5. The van der Waals surface area contributed by atoms with Gasteiger partial charge in [-0.3, -0.25) is 24.3 Å². The maximum atomic E-state index is 15.0. The van der Waals surface area contributed by atoms with Crippen molar-refractivity contribution in [3.63, 3.8) is 0 Å². The molecule has 2 aromatic carbocycles. The number of H-pyrrole nitrogens is 1. The predicted octanol–water partition coefficient (Wildman–Crippen LogP) is 6.48. The molecule has 1 N–H and O–H groups in total. The van der Waals surface area contributed by atoms with Gasteiger partial charge in [0.2, 0.25) is 5.95 Å². The summed E-state index contributed by atoms with van der Waals surface area (Å²) in [5.41, 5.74) is 5.33. The van der Waals surface area contributed by atoms with Crippen LogP contribution in [0.25, 0.3) is 10.9 Å². The van der Waals surface area contributed by atoms with E-state index in [1.165, 1.54) is 15.8 Å². The van der Waals surface area contributed by atoms with Gasteiger partial charge in [0, 0.05) is 105 Å². The SMILES string of the molecule is CCCC(C)N1C(=O)c2ccc(N3CCN(CC4CCN(c5ncc(C6c7[nH]c8ccccc8c7CCN6CC(C)(C)F)cn5)CC4)CC3)cc2C1=O. The molecule has 0 spiro atoms. The second kappa shape index (κ2) is 14.5. The van der Waals surface area contributed by atoms with Crippen LogP contribution in [-0.4, -0.2) is 112 Å². The van der Waals surface area contributed by atoms with Crippen LogP contribution in [-0.2, 0) is 6.42 Å². The summed E-state index contributed by atoms with van der Waals surface area (Å²) in [6.45, 7) is 15.2. The largest absolute Gasteiger partial charge is 0.369 e. The van der Waals surface area contributed by atoms with Crippen molar-refractivity contribution in [2.24, 2.45) is 5.92 Å². The Kier molecular flexibility index (Phi) is 9.74. The van der Waals surface area contributed by atoms with E-state index in [0.29, 0.717) is 23.6 Å². The number of alkyl halides is 1. The molecule has 4 aromatic rings. The van der Waals surface area contributed by atoms with Crippen LogP contribution in [0.15, 0.2) is 54.9 Å². The second-order valence-electron chi connectivity index (χ2n) is 16.3. The molecule has 0 radical (unpaired) electrons. The van der Waals surface area contributed by atoms with Crippen LogP contribution >= 0.6 is 0 Å². The fourth-order valence-electron chi connectivity index (χ4n) is 9.22. The number of imide groups is 1. The van der Waals surface area contributed by atoms with Crippen molar-refractivity contribution in [3.8, 4) is 0 Å². The summed E-state index contributed by atoms with van der Waals surface area (Å²) < 4.78 is 15.0. The lowest BCUT2D eigenvalue weighted by atomic mass is 9.92. The van der Waals surface area contributed by atoms with Crippen molar-refractivity contribution in [2.45, 2.75) is 77.6 Å².